The molecule has 1 aromatic heterocycles. The number of halogens is 1. The topological polar surface area (TPSA) is 33.4 Å². The van der Waals surface area contributed by atoms with E-state index in [-0.39, 0.29) is 5.41 Å². The maximum Gasteiger partial charge on any atom is 0.146 e. The molecule has 1 aromatic rings. The molecule has 1 aliphatic rings. The highest BCUT2D eigenvalue weighted by atomic mass is 79.9. The van der Waals surface area contributed by atoms with Crippen molar-refractivity contribution in [1.29, 1.82) is 0 Å². The second kappa shape index (κ2) is 3.70. The van der Waals surface area contributed by atoms with Gasteiger partial charge in [0.05, 0.1) is 10.7 Å². The van der Waals surface area contributed by atoms with Gasteiger partial charge in [-0.25, -0.2) is 0 Å². The summed E-state index contributed by atoms with van der Waals surface area (Å²) in [6, 6.07) is 1.83. The van der Waals surface area contributed by atoms with Gasteiger partial charge in [-0.15, -0.1) is 0 Å². The number of furan rings is 1. The van der Waals surface area contributed by atoms with Crippen LogP contribution in [0, 0.1) is 5.41 Å². The van der Waals surface area contributed by atoms with E-state index >= 15 is 0 Å². The van der Waals surface area contributed by atoms with Crippen LogP contribution in [0.3, 0.4) is 0 Å². The van der Waals surface area contributed by atoms with Crippen molar-refractivity contribution < 1.29 is 9.52 Å². The number of rotatable bonds is 2. The van der Waals surface area contributed by atoms with Crippen molar-refractivity contribution in [1.82, 2.24) is 0 Å². The first-order valence-corrected chi connectivity index (χ1v) is 5.84. The molecule has 2 rings (SSSR count). The molecule has 0 amide bonds. The van der Waals surface area contributed by atoms with Crippen LogP contribution in [0.5, 0.6) is 0 Å². The summed E-state index contributed by atoms with van der Waals surface area (Å²) in [5.41, 5.74) is 0.000370. The smallest absolute Gasteiger partial charge is 0.146 e. The van der Waals surface area contributed by atoms with Crippen LogP contribution in [-0.2, 0) is 0 Å². The Balaban J connectivity index is 2.23. The van der Waals surface area contributed by atoms with Crippen LogP contribution in [0.1, 0.15) is 44.5 Å². The zero-order valence-corrected chi connectivity index (χ0v) is 9.88. The Bertz CT molecular complexity index is 313. The Kier molecular flexibility index (Phi) is 2.71. The standard InChI is InChI=1S/C11H15BrO2/c1-11(5-2-3-6-11)10(13)9-8(12)4-7-14-9/h4,7,10,13H,2-3,5-6H2,1H3. The van der Waals surface area contributed by atoms with E-state index in [1.807, 2.05) is 6.07 Å². The van der Waals surface area contributed by atoms with Crippen molar-refractivity contribution in [2.24, 2.45) is 5.41 Å². The van der Waals surface area contributed by atoms with E-state index in [1.54, 1.807) is 6.26 Å². The van der Waals surface area contributed by atoms with E-state index < -0.39 is 6.10 Å². The summed E-state index contributed by atoms with van der Waals surface area (Å²) in [6.45, 7) is 2.14. The van der Waals surface area contributed by atoms with Crippen molar-refractivity contribution in [3.8, 4) is 0 Å². The lowest BCUT2D eigenvalue weighted by Crippen LogP contribution is -2.21. The molecule has 1 N–H and O–H groups in total. The van der Waals surface area contributed by atoms with E-state index in [2.05, 4.69) is 22.9 Å². The van der Waals surface area contributed by atoms with Gasteiger partial charge in [-0.1, -0.05) is 19.8 Å². The summed E-state index contributed by atoms with van der Waals surface area (Å²) in [7, 11) is 0. The van der Waals surface area contributed by atoms with Gasteiger partial charge in [-0.3, -0.25) is 0 Å². The minimum atomic E-state index is -0.477. The highest BCUT2D eigenvalue weighted by molar-refractivity contribution is 9.10. The Morgan fingerprint density at radius 3 is 2.64 bits per heavy atom. The molecular formula is C11H15BrO2. The first-order valence-electron chi connectivity index (χ1n) is 5.04. The maximum absolute atomic E-state index is 10.2. The molecule has 0 spiro atoms. The van der Waals surface area contributed by atoms with Crippen LogP contribution in [0.25, 0.3) is 0 Å². The summed E-state index contributed by atoms with van der Waals surface area (Å²) >= 11 is 3.38. The molecule has 0 saturated heterocycles. The van der Waals surface area contributed by atoms with Crippen LogP contribution >= 0.6 is 15.9 Å². The van der Waals surface area contributed by atoms with E-state index in [1.165, 1.54) is 12.8 Å². The summed E-state index contributed by atoms with van der Waals surface area (Å²) in [5.74, 6) is 0.675. The Morgan fingerprint density at radius 1 is 1.50 bits per heavy atom. The Hall–Kier alpha value is -0.280. The summed E-state index contributed by atoms with van der Waals surface area (Å²) in [5, 5.41) is 10.2. The fourth-order valence-electron chi connectivity index (χ4n) is 2.27. The largest absolute Gasteiger partial charge is 0.465 e. The minimum absolute atomic E-state index is 0.000370. The highest BCUT2D eigenvalue weighted by Crippen LogP contribution is 2.48. The fraction of sp³-hybridized carbons (Fsp3) is 0.636. The van der Waals surface area contributed by atoms with Crippen LogP contribution < -0.4 is 0 Å². The fourth-order valence-corrected chi connectivity index (χ4v) is 2.69. The lowest BCUT2D eigenvalue weighted by atomic mass is 9.81. The van der Waals surface area contributed by atoms with E-state index in [9.17, 15) is 5.11 Å². The summed E-state index contributed by atoms with van der Waals surface area (Å²) in [6.07, 6.45) is 5.73. The van der Waals surface area contributed by atoms with Gasteiger partial charge in [0, 0.05) is 5.41 Å². The zero-order valence-electron chi connectivity index (χ0n) is 8.29. The minimum Gasteiger partial charge on any atom is -0.465 e. The second-order valence-electron chi connectivity index (χ2n) is 4.40. The van der Waals surface area contributed by atoms with Gasteiger partial charge >= 0.3 is 0 Å². The van der Waals surface area contributed by atoms with Gasteiger partial charge in [0.2, 0.25) is 0 Å². The molecular weight excluding hydrogens is 244 g/mol. The molecule has 2 nitrogen and oxygen atoms in total. The van der Waals surface area contributed by atoms with E-state index in [0.717, 1.165) is 17.3 Å². The monoisotopic (exact) mass is 258 g/mol. The van der Waals surface area contributed by atoms with Gasteiger partial charge in [-0.2, -0.15) is 0 Å². The van der Waals surface area contributed by atoms with Crippen LogP contribution in [0.4, 0.5) is 0 Å². The molecule has 1 atom stereocenters. The van der Waals surface area contributed by atoms with Crippen LogP contribution in [-0.4, -0.2) is 5.11 Å². The lowest BCUT2D eigenvalue weighted by molar-refractivity contribution is 0.0227. The average Bonchev–Trinajstić information content (AvgIpc) is 2.74. The van der Waals surface area contributed by atoms with E-state index in [4.69, 9.17) is 4.42 Å². The van der Waals surface area contributed by atoms with Crippen LogP contribution in [0.2, 0.25) is 0 Å². The maximum atomic E-state index is 10.2. The Labute approximate surface area is 92.4 Å². The van der Waals surface area contributed by atoms with Crippen LogP contribution in [0.15, 0.2) is 21.2 Å². The summed E-state index contributed by atoms with van der Waals surface area (Å²) < 4.78 is 6.18. The first-order chi connectivity index (χ1) is 6.63. The lowest BCUT2D eigenvalue weighted by Gasteiger charge is -2.28. The quantitative estimate of drug-likeness (QED) is 0.879. The van der Waals surface area contributed by atoms with Gasteiger partial charge in [0.15, 0.2) is 0 Å². The van der Waals surface area contributed by atoms with Crippen molar-refractivity contribution in [2.45, 2.75) is 38.7 Å². The zero-order chi connectivity index (χ0) is 10.2. The van der Waals surface area contributed by atoms with Crippen molar-refractivity contribution >= 4 is 15.9 Å². The third kappa shape index (κ3) is 1.63. The molecule has 0 aliphatic heterocycles. The summed E-state index contributed by atoms with van der Waals surface area (Å²) in [4.78, 5) is 0. The molecule has 1 fully saturated rings. The molecule has 0 radical (unpaired) electrons. The Morgan fingerprint density at radius 2 is 2.14 bits per heavy atom. The molecule has 3 heteroatoms. The van der Waals surface area contributed by atoms with Crippen molar-refractivity contribution in [3.05, 3.63) is 22.6 Å². The molecule has 1 heterocycles. The molecule has 1 unspecified atom stereocenters. The highest BCUT2D eigenvalue weighted by Gasteiger charge is 2.39. The van der Waals surface area contributed by atoms with Crippen molar-refractivity contribution in [2.75, 3.05) is 0 Å². The number of aliphatic hydroxyl groups is 1. The predicted octanol–water partition coefficient (Wildman–Crippen LogP) is 3.66. The normalized spacial score (nSPS) is 22.5. The molecule has 1 aliphatic carbocycles. The molecule has 0 aromatic carbocycles. The predicted molar refractivity (Wildman–Crippen MR) is 57.9 cm³/mol. The second-order valence-corrected chi connectivity index (χ2v) is 5.25. The van der Waals surface area contributed by atoms with Crippen molar-refractivity contribution in [3.63, 3.8) is 0 Å². The average molecular weight is 259 g/mol. The number of hydrogen-bond acceptors (Lipinski definition) is 2. The molecule has 14 heavy (non-hydrogen) atoms. The van der Waals surface area contributed by atoms with Gasteiger partial charge in [-0.05, 0) is 34.8 Å². The van der Waals surface area contributed by atoms with E-state index in [0.29, 0.717) is 5.76 Å². The number of hydrogen-bond donors (Lipinski definition) is 1. The van der Waals surface area contributed by atoms with Gasteiger partial charge in [0.1, 0.15) is 11.9 Å². The SMILES string of the molecule is CC1(C(O)c2occc2Br)CCCC1. The molecule has 0 bridgehead atoms. The molecule has 78 valence electrons. The first kappa shape index (κ1) is 10.2. The number of aliphatic hydroxyl groups excluding tert-OH is 1. The van der Waals surface area contributed by atoms with Gasteiger partial charge < -0.3 is 9.52 Å². The van der Waals surface area contributed by atoms with Gasteiger partial charge in [0.25, 0.3) is 0 Å². The third-order valence-corrected chi connectivity index (χ3v) is 3.95. The molecule has 1 saturated carbocycles. The third-order valence-electron chi connectivity index (χ3n) is 3.30.